The molecule has 0 radical (unpaired) electrons. The van der Waals surface area contributed by atoms with Crippen molar-refractivity contribution in [3.63, 3.8) is 0 Å². The third kappa shape index (κ3) is 3.17. The molecule has 0 aromatic carbocycles. The smallest absolute Gasteiger partial charge is 0.410 e. The van der Waals surface area contributed by atoms with E-state index in [1.165, 1.54) is 7.11 Å². The van der Waals surface area contributed by atoms with Crippen LogP contribution in [-0.2, 0) is 22.6 Å². The summed E-state index contributed by atoms with van der Waals surface area (Å²) in [6, 6.07) is 0. The summed E-state index contributed by atoms with van der Waals surface area (Å²) < 4.78 is 12.0. The van der Waals surface area contributed by atoms with E-state index in [1.807, 2.05) is 32.3 Å². The SMILES string of the molecule is COC(=O)c1nc(C)n2c1CN(C(=O)OC(C)(C)C)CC2. The normalized spacial score (nSPS) is 14.6. The summed E-state index contributed by atoms with van der Waals surface area (Å²) in [6.45, 7) is 8.71. The highest BCUT2D eigenvalue weighted by atomic mass is 16.6. The van der Waals surface area contributed by atoms with Crippen molar-refractivity contribution in [2.24, 2.45) is 0 Å². The van der Waals surface area contributed by atoms with Crippen LogP contribution in [0.5, 0.6) is 0 Å². The number of aryl methyl sites for hydroxylation is 1. The monoisotopic (exact) mass is 295 g/mol. The van der Waals surface area contributed by atoms with Gasteiger partial charge in [-0.05, 0) is 27.7 Å². The fourth-order valence-corrected chi connectivity index (χ4v) is 2.29. The van der Waals surface area contributed by atoms with Gasteiger partial charge in [0.25, 0.3) is 0 Å². The van der Waals surface area contributed by atoms with Crippen molar-refractivity contribution >= 4 is 12.1 Å². The lowest BCUT2D eigenvalue weighted by Crippen LogP contribution is -2.42. The zero-order chi connectivity index (χ0) is 15.8. The first-order valence-corrected chi connectivity index (χ1v) is 6.85. The number of methoxy groups -OCH3 is 1. The standard InChI is InChI=1S/C14H21N3O4/c1-9-15-11(12(18)20-5)10-8-16(6-7-17(9)10)13(19)21-14(2,3)4/h6-8H2,1-5H3. The van der Waals surface area contributed by atoms with Crippen LogP contribution in [0.15, 0.2) is 0 Å². The van der Waals surface area contributed by atoms with Crippen molar-refractivity contribution in [2.45, 2.75) is 46.4 Å². The largest absolute Gasteiger partial charge is 0.464 e. The molecule has 0 bridgehead atoms. The van der Waals surface area contributed by atoms with Crippen LogP contribution in [0.1, 0.15) is 42.8 Å². The molecule has 0 fully saturated rings. The molecule has 2 heterocycles. The zero-order valence-electron chi connectivity index (χ0n) is 13.1. The molecule has 1 aliphatic heterocycles. The van der Waals surface area contributed by atoms with Crippen molar-refractivity contribution in [1.82, 2.24) is 14.5 Å². The summed E-state index contributed by atoms with van der Waals surface area (Å²) >= 11 is 0. The Morgan fingerprint density at radius 3 is 2.48 bits per heavy atom. The maximum absolute atomic E-state index is 12.1. The molecular formula is C14H21N3O4. The van der Waals surface area contributed by atoms with E-state index in [0.29, 0.717) is 25.3 Å². The van der Waals surface area contributed by atoms with E-state index in [2.05, 4.69) is 4.98 Å². The van der Waals surface area contributed by atoms with Crippen LogP contribution in [0.3, 0.4) is 0 Å². The lowest BCUT2D eigenvalue weighted by molar-refractivity contribution is 0.0195. The summed E-state index contributed by atoms with van der Waals surface area (Å²) in [7, 11) is 1.32. The molecule has 116 valence electrons. The fourth-order valence-electron chi connectivity index (χ4n) is 2.29. The summed E-state index contributed by atoms with van der Waals surface area (Å²) in [4.78, 5) is 29.7. The van der Waals surface area contributed by atoms with E-state index >= 15 is 0 Å². The maximum Gasteiger partial charge on any atom is 0.410 e. The second-order valence-corrected chi connectivity index (χ2v) is 6.00. The van der Waals surface area contributed by atoms with Crippen LogP contribution >= 0.6 is 0 Å². The molecule has 1 aromatic heterocycles. The third-order valence-corrected chi connectivity index (χ3v) is 3.23. The predicted molar refractivity (Wildman–Crippen MR) is 74.9 cm³/mol. The third-order valence-electron chi connectivity index (χ3n) is 3.23. The van der Waals surface area contributed by atoms with Gasteiger partial charge in [0.15, 0.2) is 5.69 Å². The molecule has 0 saturated heterocycles. The lowest BCUT2D eigenvalue weighted by Gasteiger charge is -2.31. The Kier molecular flexibility index (Phi) is 3.93. The van der Waals surface area contributed by atoms with Gasteiger partial charge in [0.05, 0.1) is 19.3 Å². The second-order valence-electron chi connectivity index (χ2n) is 6.00. The van der Waals surface area contributed by atoms with Gasteiger partial charge in [-0.1, -0.05) is 0 Å². The summed E-state index contributed by atoms with van der Waals surface area (Å²) in [5.74, 6) is 0.257. The van der Waals surface area contributed by atoms with Gasteiger partial charge in [-0.25, -0.2) is 14.6 Å². The van der Waals surface area contributed by atoms with Crippen molar-refractivity contribution < 1.29 is 19.1 Å². The van der Waals surface area contributed by atoms with Crippen LogP contribution in [0.4, 0.5) is 4.79 Å². The zero-order valence-corrected chi connectivity index (χ0v) is 13.1. The van der Waals surface area contributed by atoms with Gasteiger partial charge in [0.2, 0.25) is 0 Å². The van der Waals surface area contributed by atoms with E-state index in [0.717, 1.165) is 5.82 Å². The second kappa shape index (κ2) is 5.38. The number of carbonyl (C=O) groups excluding carboxylic acids is 2. The molecule has 7 nitrogen and oxygen atoms in total. The maximum atomic E-state index is 12.1. The number of nitrogens with zero attached hydrogens (tertiary/aromatic N) is 3. The van der Waals surface area contributed by atoms with E-state index in [4.69, 9.17) is 9.47 Å². The van der Waals surface area contributed by atoms with Gasteiger partial charge < -0.3 is 18.9 Å². The Morgan fingerprint density at radius 1 is 1.24 bits per heavy atom. The number of imidazole rings is 1. The number of carbonyl (C=O) groups is 2. The van der Waals surface area contributed by atoms with Crippen LogP contribution in [-0.4, -0.2) is 45.8 Å². The summed E-state index contributed by atoms with van der Waals surface area (Å²) in [5.41, 5.74) is 0.412. The minimum absolute atomic E-state index is 0.267. The highest BCUT2D eigenvalue weighted by Crippen LogP contribution is 2.21. The van der Waals surface area contributed by atoms with Gasteiger partial charge in [-0.3, -0.25) is 0 Å². The molecular weight excluding hydrogens is 274 g/mol. The number of fused-ring (bicyclic) bond motifs is 1. The summed E-state index contributed by atoms with van der Waals surface area (Å²) in [6.07, 6.45) is -0.386. The molecule has 21 heavy (non-hydrogen) atoms. The van der Waals surface area contributed by atoms with Gasteiger partial charge in [-0.2, -0.15) is 0 Å². The van der Waals surface area contributed by atoms with E-state index in [-0.39, 0.29) is 11.8 Å². The molecule has 0 atom stereocenters. The Bertz CT molecular complexity index is 572. The molecule has 1 aliphatic rings. The van der Waals surface area contributed by atoms with Crippen molar-refractivity contribution in [3.8, 4) is 0 Å². The van der Waals surface area contributed by atoms with Crippen molar-refractivity contribution in [2.75, 3.05) is 13.7 Å². The van der Waals surface area contributed by atoms with Crippen molar-refractivity contribution in [1.29, 1.82) is 0 Å². The van der Waals surface area contributed by atoms with Gasteiger partial charge in [0, 0.05) is 13.1 Å². The van der Waals surface area contributed by atoms with Gasteiger partial charge in [-0.15, -0.1) is 0 Å². The average molecular weight is 295 g/mol. The average Bonchev–Trinajstić information content (AvgIpc) is 2.73. The predicted octanol–water partition coefficient (Wildman–Crippen LogP) is 1.73. The minimum atomic E-state index is -0.546. The first-order valence-electron chi connectivity index (χ1n) is 6.85. The quantitative estimate of drug-likeness (QED) is 0.738. The Hall–Kier alpha value is -2.05. The number of ether oxygens (including phenoxy) is 2. The van der Waals surface area contributed by atoms with Gasteiger partial charge >= 0.3 is 12.1 Å². The molecule has 2 rings (SSSR count). The molecule has 0 aliphatic carbocycles. The van der Waals surface area contributed by atoms with Gasteiger partial charge in [0.1, 0.15) is 11.4 Å². The Morgan fingerprint density at radius 2 is 1.90 bits per heavy atom. The molecule has 1 amide bonds. The molecule has 0 saturated carbocycles. The number of amides is 1. The first-order chi connectivity index (χ1) is 9.73. The highest BCUT2D eigenvalue weighted by molar-refractivity contribution is 5.88. The summed E-state index contributed by atoms with van der Waals surface area (Å²) in [5, 5.41) is 0. The number of hydrogen-bond acceptors (Lipinski definition) is 5. The first kappa shape index (κ1) is 15.3. The molecule has 0 spiro atoms. The van der Waals surface area contributed by atoms with Crippen molar-refractivity contribution in [3.05, 3.63) is 17.2 Å². The van der Waals surface area contributed by atoms with E-state index < -0.39 is 11.6 Å². The lowest BCUT2D eigenvalue weighted by atomic mass is 10.2. The Balaban J connectivity index is 2.23. The highest BCUT2D eigenvalue weighted by Gasteiger charge is 2.30. The van der Waals surface area contributed by atoms with Crippen LogP contribution in [0, 0.1) is 6.92 Å². The van der Waals surface area contributed by atoms with E-state index in [1.54, 1.807) is 4.90 Å². The minimum Gasteiger partial charge on any atom is -0.464 e. The fraction of sp³-hybridized carbons (Fsp3) is 0.643. The number of hydrogen-bond donors (Lipinski definition) is 0. The Labute approximate surface area is 123 Å². The molecule has 0 N–H and O–H groups in total. The molecule has 1 aromatic rings. The molecule has 0 unspecified atom stereocenters. The number of esters is 1. The van der Waals surface area contributed by atoms with Crippen LogP contribution in [0.25, 0.3) is 0 Å². The van der Waals surface area contributed by atoms with Crippen LogP contribution < -0.4 is 0 Å². The van der Waals surface area contributed by atoms with E-state index in [9.17, 15) is 9.59 Å². The number of rotatable bonds is 1. The topological polar surface area (TPSA) is 73.7 Å². The number of aromatic nitrogens is 2. The van der Waals surface area contributed by atoms with Crippen LogP contribution in [0.2, 0.25) is 0 Å². The molecule has 7 heteroatoms.